The van der Waals surface area contributed by atoms with Crippen molar-refractivity contribution in [3.8, 4) is 0 Å². The summed E-state index contributed by atoms with van der Waals surface area (Å²) >= 11 is 1.58. The molecule has 2 rings (SSSR count). The molecule has 1 aliphatic rings. The molecule has 6 heteroatoms. The number of aromatic nitrogens is 2. The molecule has 0 amide bonds. The molecule has 2 heterocycles. The number of thioether (sulfide) groups is 1. The molecule has 1 N–H and O–H groups in total. The maximum atomic E-state index is 5.41. The number of methoxy groups -OCH3 is 1. The van der Waals surface area contributed by atoms with Gasteiger partial charge in [-0.25, -0.2) is 9.97 Å². The van der Waals surface area contributed by atoms with E-state index in [1.54, 1.807) is 18.9 Å². The first-order valence-electron chi connectivity index (χ1n) is 6.71. The van der Waals surface area contributed by atoms with Crippen molar-refractivity contribution >= 4 is 23.4 Å². The first kappa shape index (κ1) is 14.4. The third-order valence-corrected chi connectivity index (χ3v) is 3.88. The van der Waals surface area contributed by atoms with Crippen LogP contribution in [0.5, 0.6) is 0 Å². The van der Waals surface area contributed by atoms with Gasteiger partial charge in [-0.15, -0.1) is 0 Å². The van der Waals surface area contributed by atoms with Gasteiger partial charge in [0, 0.05) is 32.8 Å². The van der Waals surface area contributed by atoms with Crippen LogP contribution < -0.4 is 10.2 Å². The molecular formula is C13H22N4OS. The maximum absolute atomic E-state index is 5.41. The molecule has 0 saturated carbocycles. The summed E-state index contributed by atoms with van der Waals surface area (Å²) in [5, 5.41) is 4.09. The van der Waals surface area contributed by atoms with Crippen LogP contribution in [0.4, 0.5) is 11.6 Å². The van der Waals surface area contributed by atoms with Crippen LogP contribution in [-0.4, -0.2) is 49.1 Å². The van der Waals surface area contributed by atoms with Crippen LogP contribution in [-0.2, 0) is 4.74 Å². The molecule has 0 bridgehead atoms. The maximum Gasteiger partial charge on any atom is 0.191 e. The van der Waals surface area contributed by atoms with Gasteiger partial charge in [0.25, 0.3) is 0 Å². The fourth-order valence-electron chi connectivity index (χ4n) is 2.26. The summed E-state index contributed by atoms with van der Waals surface area (Å²) in [4.78, 5) is 11.4. The Balaban J connectivity index is 2.12. The second kappa shape index (κ2) is 6.96. The van der Waals surface area contributed by atoms with Gasteiger partial charge in [0.1, 0.15) is 11.6 Å². The minimum atomic E-state index is 0.395. The number of rotatable bonds is 5. The van der Waals surface area contributed by atoms with Crippen LogP contribution in [0, 0.1) is 0 Å². The van der Waals surface area contributed by atoms with E-state index < -0.39 is 0 Å². The highest BCUT2D eigenvalue weighted by molar-refractivity contribution is 7.98. The van der Waals surface area contributed by atoms with Crippen molar-refractivity contribution in [3.05, 3.63) is 6.07 Å². The number of hydrogen-bond acceptors (Lipinski definition) is 6. The predicted molar refractivity (Wildman–Crippen MR) is 80.2 cm³/mol. The molecule has 0 spiro atoms. The lowest BCUT2D eigenvalue weighted by atomic mass is 10.1. The molecule has 1 saturated heterocycles. The van der Waals surface area contributed by atoms with Crippen LogP contribution in [0.15, 0.2) is 11.2 Å². The van der Waals surface area contributed by atoms with Gasteiger partial charge < -0.3 is 15.0 Å². The van der Waals surface area contributed by atoms with Gasteiger partial charge in [0.05, 0.1) is 6.10 Å². The van der Waals surface area contributed by atoms with Crippen LogP contribution in [0.25, 0.3) is 0 Å². The summed E-state index contributed by atoms with van der Waals surface area (Å²) in [6.07, 6.45) is 4.52. The zero-order chi connectivity index (χ0) is 13.7. The average molecular weight is 282 g/mol. The summed E-state index contributed by atoms with van der Waals surface area (Å²) in [7, 11) is 1.79. The number of nitrogens with one attached hydrogen (secondary N) is 1. The Labute approximate surface area is 119 Å². The second-order valence-electron chi connectivity index (χ2n) is 4.55. The number of piperidine rings is 1. The van der Waals surface area contributed by atoms with Crippen LogP contribution in [0.2, 0.25) is 0 Å². The van der Waals surface area contributed by atoms with E-state index in [2.05, 4.69) is 27.1 Å². The van der Waals surface area contributed by atoms with Crippen molar-refractivity contribution in [2.45, 2.75) is 31.0 Å². The molecule has 0 radical (unpaired) electrons. The SMILES string of the molecule is CCNc1cc(N2CCC(OC)CC2)nc(SC)n1. The Kier molecular flexibility index (Phi) is 5.27. The van der Waals surface area contributed by atoms with Gasteiger partial charge in [-0.05, 0) is 26.0 Å². The Morgan fingerprint density at radius 2 is 2.16 bits per heavy atom. The standard InChI is InChI=1S/C13H22N4OS/c1-4-14-11-9-12(16-13(15-11)19-3)17-7-5-10(18-2)6-8-17/h9-10H,4-8H2,1-3H3,(H,14,15,16). The van der Waals surface area contributed by atoms with Gasteiger partial charge >= 0.3 is 0 Å². The summed E-state index contributed by atoms with van der Waals surface area (Å²) in [5.74, 6) is 1.93. The van der Waals surface area contributed by atoms with E-state index in [-0.39, 0.29) is 0 Å². The molecule has 0 atom stereocenters. The van der Waals surface area contributed by atoms with E-state index in [1.165, 1.54) is 0 Å². The van der Waals surface area contributed by atoms with Crippen molar-refractivity contribution < 1.29 is 4.74 Å². The zero-order valence-corrected chi connectivity index (χ0v) is 12.7. The van der Waals surface area contributed by atoms with Gasteiger partial charge in [-0.3, -0.25) is 0 Å². The van der Waals surface area contributed by atoms with E-state index in [1.807, 2.05) is 12.3 Å². The van der Waals surface area contributed by atoms with E-state index in [9.17, 15) is 0 Å². The quantitative estimate of drug-likeness (QED) is 0.660. The molecule has 0 aromatic carbocycles. The number of ether oxygens (including phenoxy) is 1. The summed E-state index contributed by atoms with van der Waals surface area (Å²) in [6.45, 7) is 4.93. The van der Waals surface area contributed by atoms with Gasteiger partial charge in [-0.1, -0.05) is 11.8 Å². The predicted octanol–water partition coefficient (Wildman–Crippen LogP) is 2.25. The molecule has 5 nitrogen and oxygen atoms in total. The van der Waals surface area contributed by atoms with Crippen molar-refractivity contribution in [3.63, 3.8) is 0 Å². The molecule has 1 fully saturated rings. The number of nitrogens with zero attached hydrogens (tertiary/aromatic N) is 3. The molecule has 0 unspecified atom stereocenters. The summed E-state index contributed by atoms with van der Waals surface area (Å²) in [5.41, 5.74) is 0. The molecule has 0 aliphatic carbocycles. The highest BCUT2D eigenvalue weighted by Gasteiger charge is 2.20. The Hall–Kier alpha value is -1.01. The van der Waals surface area contributed by atoms with Crippen molar-refractivity contribution in [1.82, 2.24) is 9.97 Å². The third-order valence-electron chi connectivity index (χ3n) is 3.33. The van der Waals surface area contributed by atoms with Crippen LogP contribution >= 0.6 is 11.8 Å². The molecule has 19 heavy (non-hydrogen) atoms. The van der Waals surface area contributed by atoms with Crippen LogP contribution in [0.3, 0.4) is 0 Å². The van der Waals surface area contributed by atoms with E-state index >= 15 is 0 Å². The van der Waals surface area contributed by atoms with Crippen LogP contribution in [0.1, 0.15) is 19.8 Å². The highest BCUT2D eigenvalue weighted by Crippen LogP contribution is 2.24. The minimum absolute atomic E-state index is 0.395. The Morgan fingerprint density at radius 3 is 2.74 bits per heavy atom. The highest BCUT2D eigenvalue weighted by atomic mass is 32.2. The summed E-state index contributed by atoms with van der Waals surface area (Å²) < 4.78 is 5.41. The van der Waals surface area contributed by atoms with Crippen molar-refractivity contribution in [2.24, 2.45) is 0 Å². The number of hydrogen-bond donors (Lipinski definition) is 1. The topological polar surface area (TPSA) is 50.3 Å². The molecule has 1 aromatic heterocycles. The van der Waals surface area contributed by atoms with Crippen molar-refractivity contribution in [2.75, 3.05) is 43.2 Å². The minimum Gasteiger partial charge on any atom is -0.381 e. The number of anilines is 2. The fourth-order valence-corrected chi connectivity index (χ4v) is 2.63. The zero-order valence-electron chi connectivity index (χ0n) is 11.8. The second-order valence-corrected chi connectivity index (χ2v) is 5.32. The van der Waals surface area contributed by atoms with E-state index in [0.717, 1.165) is 49.3 Å². The van der Waals surface area contributed by atoms with Gasteiger partial charge in [0.2, 0.25) is 0 Å². The molecular weight excluding hydrogens is 260 g/mol. The van der Waals surface area contributed by atoms with Gasteiger partial charge in [-0.2, -0.15) is 0 Å². The fraction of sp³-hybridized carbons (Fsp3) is 0.692. The molecule has 1 aromatic rings. The van der Waals surface area contributed by atoms with E-state index in [4.69, 9.17) is 4.74 Å². The molecule has 1 aliphatic heterocycles. The average Bonchev–Trinajstić information content (AvgIpc) is 2.47. The van der Waals surface area contributed by atoms with Crippen molar-refractivity contribution in [1.29, 1.82) is 0 Å². The first-order valence-corrected chi connectivity index (χ1v) is 7.94. The lowest BCUT2D eigenvalue weighted by molar-refractivity contribution is 0.0818. The monoisotopic (exact) mass is 282 g/mol. The lowest BCUT2D eigenvalue weighted by Crippen LogP contribution is -2.37. The largest absolute Gasteiger partial charge is 0.381 e. The Morgan fingerprint density at radius 1 is 1.42 bits per heavy atom. The first-order chi connectivity index (χ1) is 9.26. The summed E-state index contributed by atoms with van der Waals surface area (Å²) in [6, 6.07) is 2.04. The Bertz CT molecular complexity index is 408. The van der Waals surface area contributed by atoms with Gasteiger partial charge in [0.15, 0.2) is 5.16 Å². The third kappa shape index (κ3) is 3.73. The lowest BCUT2D eigenvalue weighted by Gasteiger charge is -2.32. The molecule has 106 valence electrons. The normalized spacial score (nSPS) is 16.7. The smallest absolute Gasteiger partial charge is 0.191 e. The van der Waals surface area contributed by atoms with E-state index in [0.29, 0.717) is 6.10 Å².